The van der Waals surface area contributed by atoms with Crippen molar-refractivity contribution >= 4 is 29.9 Å². The van der Waals surface area contributed by atoms with Crippen LogP contribution >= 0.6 is 24.0 Å². The van der Waals surface area contributed by atoms with Crippen LogP contribution in [0.1, 0.15) is 32.3 Å². The topological polar surface area (TPSA) is 54.9 Å². The van der Waals surface area contributed by atoms with Gasteiger partial charge in [0, 0.05) is 26.3 Å². The molecular formula is C18H29F3IN3O2. The van der Waals surface area contributed by atoms with Gasteiger partial charge in [-0.3, -0.25) is 4.99 Å². The number of ether oxygens (including phenoxy) is 2. The van der Waals surface area contributed by atoms with E-state index in [0.29, 0.717) is 31.4 Å². The van der Waals surface area contributed by atoms with Crippen LogP contribution in [0, 0.1) is 0 Å². The molecule has 1 aromatic rings. The van der Waals surface area contributed by atoms with E-state index in [0.717, 1.165) is 44.7 Å². The third kappa shape index (κ3) is 12.0. The van der Waals surface area contributed by atoms with E-state index in [4.69, 9.17) is 9.47 Å². The molecule has 9 heteroatoms. The highest BCUT2D eigenvalue weighted by Crippen LogP contribution is 2.30. The summed E-state index contributed by atoms with van der Waals surface area (Å²) in [4.78, 5) is 4.45. The lowest BCUT2D eigenvalue weighted by atomic mass is 10.2. The van der Waals surface area contributed by atoms with Crippen LogP contribution in [-0.2, 0) is 10.9 Å². The highest BCUT2D eigenvalue weighted by molar-refractivity contribution is 14.0. The van der Waals surface area contributed by atoms with Gasteiger partial charge < -0.3 is 20.1 Å². The van der Waals surface area contributed by atoms with Gasteiger partial charge in [0.2, 0.25) is 0 Å². The van der Waals surface area contributed by atoms with Crippen molar-refractivity contribution < 1.29 is 22.6 Å². The average molecular weight is 503 g/mol. The Bertz CT molecular complexity index is 526. The smallest absolute Gasteiger partial charge is 0.416 e. The molecule has 0 unspecified atom stereocenters. The highest BCUT2D eigenvalue weighted by Gasteiger charge is 2.29. The van der Waals surface area contributed by atoms with E-state index in [1.807, 2.05) is 13.8 Å². The molecule has 0 aliphatic rings. The number of hydrogen-bond acceptors (Lipinski definition) is 3. The molecule has 0 spiro atoms. The summed E-state index contributed by atoms with van der Waals surface area (Å²) >= 11 is 0. The van der Waals surface area contributed by atoms with Crippen LogP contribution in [0.25, 0.3) is 0 Å². The van der Waals surface area contributed by atoms with Gasteiger partial charge in [0.15, 0.2) is 5.96 Å². The van der Waals surface area contributed by atoms with E-state index in [2.05, 4.69) is 15.6 Å². The largest absolute Gasteiger partial charge is 0.492 e. The molecule has 0 atom stereocenters. The lowest BCUT2D eigenvalue weighted by Crippen LogP contribution is -2.39. The molecule has 0 saturated heterocycles. The number of alkyl halides is 3. The van der Waals surface area contributed by atoms with Gasteiger partial charge in [-0.25, -0.2) is 0 Å². The molecule has 1 aromatic carbocycles. The second-order valence-electron chi connectivity index (χ2n) is 5.46. The maximum atomic E-state index is 12.5. The first kappa shape index (κ1) is 25.8. The predicted octanol–water partition coefficient (Wildman–Crippen LogP) is 4.07. The van der Waals surface area contributed by atoms with E-state index in [9.17, 15) is 13.2 Å². The van der Waals surface area contributed by atoms with Crippen LogP contribution in [0.3, 0.4) is 0 Å². The molecule has 0 amide bonds. The number of nitrogens with one attached hydrogen (secondary N) is 2. The van der Waals surface area contributed by atoms with Gasteiger partial charge in [-0.15, -0.1) is 24.0 Å². The zero-order chi connectivity index (χ0) is 19.3. The summed E-state index contributed by atoms with van der Waals surface area (Å²) in [7, 11) is 0. The first-order valence-electron chi connectivity index (χ1n) is 8.87. The van der Waals surface area contributed by atoms with Crippen molar-refractivity contribution in [3.8, 4) is 5.75 Å². The van der Waals surface area contributed by atoms with Crippen LogP contribution in [0.2, 0.25) is 0 Å². The summed E-state index contributed by atoms with van der Waals surface area (Å²) in [6.07, 6.45) is -2.42. The van der Waals surface area contributed by atoms with Crippen molar-refractivity contribution in [1.82, 2.24) is 10.6 Å². The summed E-state index contributed by atoms with van der Waals surface area (Å²) in [5.41, 5.74) is -0.686. The molecule has 0 bridgehead atoms. The zero-order valence-corrected chi connectivity index (χ0v) is 18.1. The van der Waals surface area contributed by atoms with E-state index < -0.39 is 11.7 Å². The Morgan fingerprint density at radius 1 is 1.04 bits per heavy atom. The third-order valence-electron chi connectivity index (χ3n) is 3.36. The van der Waals surface area contributed by atoms with Crippen LogP contribution in [0.15, 0.2) is 29.3 Å². The number of benzene rings is 1. The number of halogens is 4. The summed E-state index contributed by atoms with van der Waals surface area (Å²) in [5.74, 6) is 1.09. The maximum Gasteiger partial charge on any atom is 0.416 e. The van der Waals surface area contributed by atoms with Gasteiger partial charge >= 0.3 is 6.18 Å². The molecule has 156 valence electrons. The van der Waals surface area contributed by atoms with Crippen LogP contribution in [-0.4, -0.2) is 45.4 Å². The fourth-order valence-corrected chi connectivity index (χ4v) is 2.07. The SMILES string of the molecule is CCNC(=NCCCCOCC)NCCOc1ccc(C(F)(F)F)cc1.I. The number of hydrogen-bond donors (Lipinski definition) is 2. The van der Waals surface area contributed by atoms with E-state index >= 15 is 0 Å². The molecule has 0 fully saturated rings. The Kier molecular flexibility index (Phi) is 14.1. The Morgan fingerprint density at radius 3 is 2.33 bits per heavy atom. The summed E-state index contributed by atoms with van der Waals surface area (Å²) < 4.78 is 48.2. The van der Waals surface area contributed by atoms with E-state index in [1.54, 1.807) is 0 Å². The van der Waals surface area contributed by atoms with Gasteiger partial charge in [0.25, 0.3) is 0 Å². The Hall–Kier alpha value is -1.23. The van der Waals surface area contributed by atoms with Crippen LogP contribution < -0.4 is 15.4 Å². The molecule has 0 radical (unpaired) electrons. The molecular weight excluding hydrogens is 474 g/mol. The molecule has 0 heterocycles. The zero-order valence-electron chi connectivity index (χ0n) is 15.8. The first-order valence-corrected chi connectivity index (χ1v) is 8.87. The van der Waals surface area contributed by atoms with Crippen molar-refractivity contribution in [1.29, 1.82) is 0 Å². The third-order valence-corrected chi connectivity index (χ3v) is 3.36. The molecule has 0 aliphatic carbocycles. The second kappa shape index (κ2) is 14.8. The Morgan fingerprint density at radius 2 is 1.74 bits per heavy atom. The summed E-state index contributed by atoms with van der Waals surface area (Å²) in [6, 6.07) is 4.66. The lowest BCUT2D eigenvalue weighted by molar-refractivity contribution is -0.137. The molecule has 27 heavy (non-hydrogen) atoms. The molecule has 5 nitrogen and oxygen atoms in total. The standard InChI is InChI=1S/C18H28F3N3O2.HI/c1-3-22-17(23-11-5-6-13-25-4-2)24-12-14-26-16-9-7-15(8-10-16)18(19,20)21;/h7-10H,3-6,11-14H2,1-2H3,(H2,22,23,24);1H. The molecule has 2 N–H and O–H groups in total. The Labute approximate surface area is 176 Å². The van der Waals surface area contributed by atoms with Crippen molar-refractivity contribution in [2.24, 2.45) is 4.99 Å². The number of guanidine groups is 1. The van der Waals surface area contributed by atoms with Gasteiger partial charge in [0.1, 0.15) is 12.4 Å². The lowest BCUT2D eigenvalue weighted by Gasteiger charge is -2.12. The molecule has 0 aromatic heterocycles. The summed E-state index contributed by atoms with van der Waals surface area (Å²) in [5, 5.41) is 6.27. The number of nitrogens with zero attached hydrogens (tertiary/aromatic N) is 1. The van der Waals surface area contributed by atoms with Gasteiger partial charge in [-0.1, -0.05) is 0 Å². The fraction of sp³-hybridized carbons (Fsp3) is 0.611. The first-order chi connectivity index (χ1) is 12.5. The minimum atomic E-state index is -4.33. The molecule has 0 aliphatic heterocycles. The normalized spacial score (nSPS) is 11.7. The van der Waals surface area contributed by atoms with E-state index in [1.165, 1.54) is 12.1 Å². The Balaban J connectivity index is 0.00000676. The minimum Gasteiger partial charge on any atom is -0.492 e. The van der Waals surface area contributed by atoms with Crippen molar-refractivity contribution in [3.63, 3.8) is 0 Å². The van der Waals surface area contributed by atoms with Crippen molar-refractivity contribution in [2.75, 3.05) is 39.5 Å². The predicted molar refractivity (Wildman–Crippen MR) is 112 cm³/mol. The second-order valence-corrected chi connectivity index (χ2v) is 5.46. The van der Waals surface area contributed by atoms with Crippen LogP contribution in [0.5, 0.6) is 5.75 Å². The van der Waals surface area contributed by atoms with Crippen molar-refractivity contribution in [2.45, 2.75) is 32.9 Å². The molecule has 0 saturated carbocycles. The average Bonchev–Trinajstić information content (AvgIpc) is 2.61. The summed E-state index contributed by atoms with van der Waals surface area (Å²) in [6.45, 7) is 7.67. The van der Waals surface area contributed by atoms with Crippen LogP contribution in [0.4, 0.5) is 13.2 Å². The fourth-order valence-electron chi connectivity index (χ4n) is 2.07. The quantitative estimate of drug-likeness (QED) is 0.207. The minimum absolute atomic E-state index is 0. The highest BCUT2D eigenvalue weighted by atomic mass is 127. The van der Waals surface area contributed by atoms with Gasteiger partial charge in [-0.2, -0.15) is 13.2 Å². The molecule has 1 rings (SSSR count). The van der Waals surface area contributed by atoms with Gasteiger partial charge in [-0.05, 0) is 51.0 Å². The monoisotopic (exact) mass is 503 g/mol. The van der Waals surface area contributed by atoms with E-state index in [-0.39, 0.29) is 24.0 Å². The van der Waals surface area contributed by atoms with Crippen molar-refractivity contribution in [3.05, 3.63) is 29.8 Å². The maximum absolute atomic E-state index is 12.5. The van der Waals surface area contributed by atoms with Gasteiger partial charge in [0.05, 0.1) is 12.1 Å². The number of unbranched alkanes of at least 4 members (excludes halogenated alkanes) is 1. The number of rotatable bonds is 11. The number of aliphatic imine (C=N–C) groups is 1.